The standard InChI is InChI=1S/C10H5ClN2O5/c11-6-2-1-4-7(8(6)13(17)18)12-3-5(9(4)14)10(15)16/h1-3H,(H,12,14)(H,15,16). The Morgan fingerprint density at radius 1 is 1.44 bits per heavy atom. The van der Waals surface area contributed by atoms with E-state index >= 15 is 0 Å². The molecule has 2 rings (SSSR count). The molecule has 1 heterocycles. The van der Waals surface area contributed by atoms with Gasteiger partial charge in [-0.05, 0) is 12.1 Å². The fraction of sp³-hybridized carbons (Fsp3) is 0. The van der Waals surface area contributed by atoms with Crippen molar-refractivity contribution in [2.24, 2.45) is 0 Å². The zero-order chi connectivity index (χ0) is 13.4. The number of nitrogens with one attached hydrogen (secondary N) is 1. The number of pyridine rings is 1. The summed E-state index contributed by atoms with van der Waals surface area (Å²) in [6.45, 7) is 0. The molecule has 0 saturated carbocycles. The molecule has 0 amide bonds. The maximum atomic E-state index is 11.8. The highest BCUT2D eigenvalue weighted by molar-refractivity contribution is 6.34. The number of aromatic nitrogens is 1. The van der Waals surface area contributed by atoms with E-state index in [9.17, 15) is 19.7 Å². The van der Waals surface area contributed by atoms with Gasteiger partial charge in [-0.15, -0.1) is 0 Å². The van der Waals surface area contributed by atoms with Crippen LogP contribution >= 0.6 is 11.6 Å². The van der Waals surface area contributed by atoms with E-state index in [2.05, 4.69) is 4.98 Å². The second-order valence-corrected chi connectivity index (χ2v) is 3.82. The Morgan fingerprint density at radius 2 is 2.11 bits per heavy atom. The molecule has 0 fully saturated rings. The fourth-order valence-corrected chi connectivity index (χ4v) is 1.82. The van der Waals surface area contributed by atoms with Crippen molar-refractivity contribution < 1.29 is 14.8 Å². The molecule has 2 aromatic rings. The number of aromatic amines is 1. The third kappa shape index (κ3) is 1.70. The highest BCUT2D eigenvalue weighted by atomic mass is 35.5. The molecule has 1 aromatic carbocycles. The molecule has 1 aromatic heterocycles. The number of aromatic carboxylic acids is 1. The van der Waals surface area contributed by atoms with Crippen molar-refractivity contribution >= 4 is 34.2 Å². The monoisotopic (exact) mass is 268 g/mol. The van der Waals surface area contributed by atoms with Crippen LogP contribution < -0.4 is 5.43 Å². The van der Waals surface area contributed by atoms with Gasteiger partial charge in [-0.25, -0.2) is 4.79 Å². The predicted octanol–water partition coefficient (Wildman–Crippen LogP) is 1.79. The predicted molar refractivity (Wildman–Crippen MR) is 63.2 cm³/mol. The summed E-state index contributed by atoms with van der Waals surface area (Å²) in [6, 6.07) is 2.43. The Morgan fingerprint density at radius 3 is 2.67 bits per heavy atom. The van der Waals surface area contributed by atoms with Crippen LogP contribution in [0.5, 0.6) is 0 Å². The number of nitrogens with zero attached hydrogens (tertiary/aromatic N) is 1. The van der Waals surface area contributed by atoms with E-state index in [1.54, 1.807) is 0 Å². The van der Waals surface area contributed by atoms with E-state index in [4.69, 9.17) is 16.7 Å². The number of rotatable bonds is 2. The lowest BCUT2D eigenvalue weighted by Crippen LogP contribution is -2.15. The van der Waals surface area contributed by atoms with E-state index in [1.807, 2.05) is 0 Å². The number of nitro groups is 1. The van der Waals surface area contributed by atoms with Gasteiger partial charge in [0.1, 0.15) is 16.1 Å². The van der Waals surface area contributed by atoms with E-state index in [0.29, 0.717) is 0 Å². The molecule has 7 nitrogen and oxygen atoms in total. The fourth-order valence-electron chi connectivity index (χ4n) is 1.59. The lowest BCUT2D eigenvalue weighted by molar-refractivity contribution is -0.383. The summed E-state index contributed by atoms with van der Waals surface area (Å²) in [5.74, 6) is -1.41. The van der Waals surface area contributed by atoms with Crippen molar-refractivity contribution in [2.75, 3.05) is 0 Å². The van der Waals surface area contributed by atoms with Gasteiger partial charge < -0.3 is 10.1 Å². The number of fused-ring (bicyclic) bond motifs is 1. The highest BCUT2D eigenvalue weighted by Gasteiger charge is 2.21. The van der Waals surface area contributed by atoms with Crippen molar-refractivity contribution in [2.45, 2.75) is 0 Å². The molecule has 2 N–H and O–H groups in total. The first-order valence-corrected chi connectivity index (χ1v) is 5.03. The number of hydrogen-bond acceptors (Lipinski definition) is 4. The zero-order valence-electron chi connectivity index (χ0n) is 8.64. The van der Waals surface area contributed by atoms with E-state index in [1.165, 1.54) is 12.1 Å². The van der Waals surface area contributed by atoms with Crippen LogP contribution in [0.1, 0.15) is 10.4 Å². The van der Waals surface area contributed by atoms with Gasteiger partial charge in [0.2, 0.25) is 5.43 Å². The van der Waals surface area contributed by atoms with Crippen LogP contribution in [-0.4, -0.2) is 21.0 Å². The maximum Gasteiger partial charge on any atom is 0.341 e. The van der Waals surface area contributed by atoms with Gasteiger partial charge >= 0.3 is 11.7 Å². The van der Waals surface area contributed by atoms with Gasteiger partial charge in [-0.2, -0.15) is 0 Å². The second-order valence-electron chi connectivity index (χ2n) is 3.41. The van der Waals surface area contributed by atoms with Crippen LogP contribution in [0, 0.1) is 10.1 Å². The van der Waals surface area contributed by atoms with Crippen molar-refractivity contribution in [3.05, 3.63) is 49.3 Å². The summed E-state index contributed by atoms with van der Waals surface area (Å²) in [6.07, 6.45) is 0.913. The Bertz CT molecular complexity index is 737. The minimum absolute atomic E-state index is 0.0917. The number of halogens is 1. The molecule has 0 radical (unpaired) electrons. The quantitative estimate of drug-likeness (QED) is 0.636. The molecular weight excluding hydrogens is 264 g/mol. The summed E-state index contributed by atoms with van der Waals surface area (Å²) in [7, 11) is 0. The SMILES string of the molecule is O=C(O)c1c[nH]c2c([N+](=O)[O-])c(Cl)ccc2c1=O. The number of carboxylic acids is 1. The van der Waals surface area contributed by atoms with Crippen LogP contribution in [0.3, 0.4) is 0 Å². The van der Waals surface area contributed by atoms with Crippen molar-refractivity contribution in [3.63, 3.8) is 0 Å². The van der Waals surface area contributed by atoms with E-state index in [0.717, 1.165) is 6.20 Å². The Labute approximate surface area is 104 Å². The number of H-pyrrole nitrogens is 1. The van der Waals surface area contributed by atoms with Crippen LogP contribution in [0.15, 0.2) is 23.1 Å². The smallest absolute Gasteiger partial charge is 0.341 e. The minimum Gasteiger partial charge on any atom is -0.477 e. The van der Waals surface area contributed by atoms with E-state index in [-0.39, 0.29) is 15.9 Å². The average molecular weight is 269 g/mol. The molecular formula is C10H5ClN2O5. The largest absolute Gasteiger partial charge is 0.477 e. The number of carboxylic acid groups (broad SMARTS) is 1. The lowest BCUT2D eigenvalue weighted by Gasteiger charge is -2.02. The van der Waals surface area contributed by atoms with Crippen molar-refractivity contribution in [1.82, 2.24) is 4.98 Å². The molecule has 0 saturated heterocycles. The van der Waals surface area contributed by atoms with Crippen LogP contribution in [-0.2, 0) is 0 Å². The molecule has 0 aliphatic rings. The van der Waals surface area contributed by atoms with Gasteiger partial charge in [-0.3, -0.25) is 14.9 Å². The Kier molecular flexibility index (Phi) is 2.76. The number of hydrogen-bond donors (Lipinski definition) is 2. The first-order chi connectivity index (χ1) is 8.43. The summed E-state index contributed by atoms with van der Waals surface area (Å²) < 4.78 is 0. The Hall–Kier alpha value is -2.41. The summed E-state index contributed by atoms with van der Waals surface area (Å²) in [4.78, 5) is 35.1. The summed E-state index contributed by atoms with van der Waals surface area (Å²) >= 11 is 5.67. The van der Waals surface area contributed by atoms with Gasteiger partial charge in [0.05, 0.1) is 10.3 Å². The summed E-state index contributed by atoms with van der Waals surface area (Å²) in [5.41, 5.74) is -1.83. The summed E-state index contributed by atoms with van der Waals surface area (Å²) in [5, 5.41) is 19.4. The molecule has 0 atom stereocenters. The number of benzene rings is 1. The van der Waals surface area contributed by atoms with Crippen molar-refractivity contribution in [3.8, 4) is 0 Å². The first kappa shape index (κ1) is 12.1. The minimum atomic E-state index is -1.41. The molecule has 0 bridgehead atoms. The maximum absolute atomic E-state index is 11.8. The van der Waals surface area contributed by atoms with Crippen molar-refractivity contribution in [1.29, 1.82) is 0 Å². The van der Waals surface area contributed by atoms with Gasteiger partial charge in [0.15, 0.2) is 0 Å². The van der Waals surface area contributed by atoms with E-state index < -0.39 is 27.6 Å². The zero-order valence-corrected chi connectivity index (χ0v) is 9.39. The number of carbonyl (C=O) groups is 1. The molecule has 18 heavy (non-hydrogen) atoms. The third-order valence-corrected chi connectivity index (χ3v) is 2.70. The normalized spacial score (nSPS) is 10.5. The third-order valence-electron chi connectivity index (χ3n) is 2.39. The molecule has 0 aliphatic carbocycles. The Balaban J connectivity index is 2.96. The first-order valence-electron chi connectivity index (χ1n) is 4.65. The molecule has 92 valence electrons. The average Bonchev–Trinajstić information content (AvgIpc) is 2.27. The highest BCUT2D eigenvalue weighted by Crippen LogP contribution is 2.30. The molecule has 8 heteroatoms. The van der Waals surface area contributed by atoms with Gasteiger partial charge in [0, 0.05) is 6.20 Å². The van der Waals surface area contributed by atoms with Crippen LogP contribution in [0.2, 0.25) is 5.02 Å². The molecule has 0 aliphatic heterocycles. The van der Waals surface area contributed by atoms with Gasteiger partial charge in [0.25, 0.3) is 0 Å². The van der Waals surface area contributed by atoms with Crippen LogP contribution in [0.4, 0.5) is 5.69 Å². The number of nitro benzene ring substituents is 1. The van der Waals surface area contributed by atoms with Crippen LogP contribution in [0.25, 0.3) is 10.9 Å². The molecule has 0 unspecified atom stereocenters. The van der Waals surface area contributed by atoms with Gasteiger partial charge in [-0.1, -0.05) is 11.6 Å². The molecule has 0 spiro atoms. The second kappa shape index (κ2) is 4.11. The topological polar surface area (TPSA) is 113 Å². The lowest BCUT2D eigenvalue weighted by atomic mass is 10.1.